The molecule has 5 aliphatic heterocycles. The van der Waals surface area contributed by atoms with E-state index in [9.17, 15) is 14.9 Å². The molecule has 1 spiro atoms. The monoisotopic (exact) mass is 403 g/mol. The van der Waals surface area contributed by atoms with Crippen LogP contribution in [0.25, 0.3) is 0 Å². The first-order valence-corrected chi connectivity index (χ1v) is 10.7. The van der Waals surface area contributed by atoms with Gasteiger partial charge in [0.15, 0.2) is 21.2 Å². The average Bonchev–Trinajstić information content (AvgIpc) is 3.23. The zero-order chi connectivity index (χ0) is 19.2. The lowest BCUT2D eigenvalue weighted by atomic mass is 9.79. The van der Waals surface area contributed by atoms with Crippen LogP contribution in [0.4, 0.5) is 0 Å². The van der Waals surface area contributed by atoms with Gasteiger partial charge in [-0.3, -0.25) is 9.59 Å². The predicted molar refractivity (Wildman–Crippen MR) is 99.6 cm³/mol. The van der Waals surface area contributed by atoms with Gasteiger partial charge in [0.2, 0.25) is 6.79 Å². The van der Waals surface area contributed by atoms with Crippen molar-refractivity contribution in [3.05, 3.63) is 23.8 Å². The lowest BCUT2D eigenvalue weighted by Gasteiger charge is -2.57. The molecule has 2 bridgehead atoms. The molecule has 5 heterocycles. The van der Waals surface area contributed by atoms with E-state index in [-0.39, 0.29) is 25.0 Å². The molecule has 27 heavy (non-hydrogen) atoms. The molecule has 0 radical (unpaired) electrons. The van der Waals surface area contributed by atoms with E-state index in [4.69, 9.17) is 9.47 Å². The van der Waals surface area contributed by atoms with Crippen molar-refractivity contribution in [2.75, 3.05) is 13.8 Å². The van der Waals surface area contributed by atoms with Gasteiger partial charge in [-0.15, -0.1) is 0 Å². The third-order valence-corrected chi connectivity index (χ3v) is 9.76. The minimum absolute atomic E-state index is 0.113. The van der Waals surface area contributed by atoms with Crippen LogP contribution in [-0.2, 0) is 9.59 Å². The maximum atomic E-state index is 13.5. The molecule has 7 nitrogen and oxygen atoms in total. The Kier molecular flexibility index (Phi) is 3.20. The van der Waals surface area contributed by atoms with Crippen molar-refractivity contribution in [1.82, 2.24) is 9.80 Å². The first-order chi connectivity index (χ1) is 12.8. The minimum Gasteiger partial charge on any atom is -0.454 e. The Morgan fingerprint density at radius 1 is 1.19 bits per heavy atom. The van der Waals surface area contributed by atoms with Crippen LogP contribution in [-0.4, -0.2) is 45.2 Å². The fourth-order valence-corrected chi connectivity index (χ4v) is 8.08. The van der Waals surface area contributed by atoms with Crippen molar-refractivity contribution in [2.45, 2.75) is 36.1 Å². The Balaban J connectivity index is 1.71. The number of hydrogen-bond acceptors (Lipinski definition) is 7. The van der Waals surface area contributed by atoms with Gasteiger partial charge in [0.05, 0.1) is 17.5 Å². The third kappa shape index (κ3) is 1.85. The SMILES string of the molecule is CN1C(=O)C23C[C@](C)(C#N)C(c4ccc5c(c4)OCO5)N2C(=O)C1(C)SS3. The van der Waals surface area contributed by atoms with Crippen molar-refractivity contribution >= 4 is 33.4 Å². The van der Waals surface area contributed by atoms with Crippen molar-refractivity contribution in [2.24, 2.45) is 5.41 Å². The van der Waals surface area contributed by atoms with Gasteiger partial charge >= 0.3 is 0 Å². The van der Waals surface area contributed by atoms with Gasteiger partial charge in [-0.1, -0.05) is 27.7 Å². The van der Waals surface area contributed by atoms with Gasteiger partial charge in [-0.05, 0) is 31.5 Å². The highest BCUT2D eigenvalue weighted by Gasteiger charge is 2.74. The smallest absolute Gasteiger partial charge is 0.261 e. The highest BCUT2D eigenvalue weighted by molar-refractivity contribution is 8.78. The maximum absolute atomic E-state index is 13.5. The van der Waals surface area contributed by atoms with Gasteiger partial charge in [-0.25, -0.2) is 0 Å². The summed E-state index contributed by atoms with van der Waals surface area (Å²) in [5.74, 6) is 0.998. The summed E-state index contributed by atoms with van der Waals surface area (Å²) in [4.78, 5) is 27.9. The Morgan fingerprint density at radius 2 is 1.93 bits per heavy atom. The predicted octanol–water partition coefficient (Wildman–Crippen LogP) is 2.50. The van der Waals surface area contributed by atoms with Crippen LogP contribution in [0.2, 0.25) is 0 Å². The summed E-state index contributed by atoms with van der Waals surface area (Å²) in [5, 5.41) is 10.0. The number of nitriles is 1. The second-order valence-corrected chi connectivity index (χ2v) is 10.5. The molecule has 6 rings (SSSR count). The van der Waals surface area contributed by atoms with Gasteiger partial charge in [0.1, 0.15) is 0 Å². The molecule has 2 amide bonds. The van der Waals surface area contributed by atoms with E-state index >= 15 is 0 Å². The van der Waals surface area contributed by atoms with Crippen molar-refractivity contribution < 1.29 is 19.1 Å². The number of carbonyl (C=O) groups is 2. The molecule has 4 saturated heterocycles. The summed E-state index contributed by atoms with van der Waals surface area (Å²) >= 11 is 0. The van der Waals surface area contributed by atoms with E-state index in [1.807, 2.05) is 19.1 Å². The van der Waals surface area contributed by atoms with E-state index in [0.29, 0.717) is 11.5 Å². The summed E-state index contributed by atoms with van der Waals surface area (Å²) in [7, 11) is 4.49. The highest BCUT2D eigenvalue weighted by atomic mass is 33.1. The number of fused-ring (bicyclic) bond motifs is 3. The average molecular weight is 403 g/mol. The lowest BCUT2D eigenvalue weighted by molar-refractivity contribution is -0.164. The van der Waals surface area contributed by atoms with Gasteiger partial charge in [-0.2, -0.15) is 5.26 Å². The second-order valence-electron chi connectivity index (χ2n) is 7.69. The molecular weight excluding hydrogens is 386 g/mol. The van der Waals surface area contributed by atoms with Crippen LogP contribution in [0.3, 0.4) is 0 Å². The van der Waals surface area contributed by atoms with Crippen LogP contribution in [0.1, 0.15) is 31.9 Å². The first kappa shape index (κ1) is 17.1. The number of nitrogens with zero attached hydrogens (tertiary/aromatic N) is 3. The summed E-state index contributed by atoms with van der Waals surface area (Å²) < 4.78 is 10.9. The van der Waals surface area contributed by atoms with Crippen LogP contribution in [0, 0.1) is 16.7 Å². The fourth-order valence-electron chi connectivity index (χ4n) is 4.50. The van der Waals surface area contributed by atoms with E-state index in [0.717, 1.165) is 5.56 Å². The lowest BCUT2D eigenvalue weighted by Crippen LogP contribution is -2.73. The summed E-state index contributed by atoms with van der Waals surface area (Å²) in [6.45, 7) is 3.75. The van der Waals surface area contributed by atoms with Gasteiger partial charge < -0.3 is 19.3 Å². The molecule has 1 aromatic rings. The van der Waals surface area contributed by atoms with E-state index < -0.39 is 21.2 Å². The highest BCUT2D eigenvalue weighted by Crippen LogP contribution is 2.69. The number of carbonyl (C=O) groups excluding carboxylic acids is 2. The van der Waals surface area contributed by atoms with Crippen LogP contribution < -0.4 is 9.47 Å². The molecule has 9 heteroatoms. The standard InChI is InChI=1S/C18H17N3O4S2/c1-16(8-19)7-18-15(23)20(3)17(2,26-27-18)14(22)21(18)13(16)10-4-5-11-12(6-10)25-9-24-11/h4-6,13H,7,9H2,1-3H3/t13?,16-,17?,18?/m1/s1. The molecule has 4 fully saturated rings. The maximum Gasteiger partial charge on any atom is 0.261 e. The summed E-state index contributed by atoms with van der Waals surface area (Å²) in [6, 6.07) is 7.35. The number of hydrogen-bond donors (Lipinski definition) is 0. The molecule has 140 valence electrons. The second kappa shape index (κ2) is 5.06. The molecule has 5 aliphatic rings. The molecule has 1 aromatic carbocycles. The number of rotatable bonds is 1. The van der Waals surface area contributed by atoms with E-state index in [1.54, 1.807) is 24.9 Å². The normalized spacial score (nSPS) is 39.0. The zero-order valence-corrected chi connectivity index (χ0v) is 16.6. The first-order valence-electron chi connectivity index (χ1n) is 8.56. The third-order valence-electron chi connectivity index (χ3n) is 6.06. The summed E-state index contributed by atoms with van der Waals surface area (Å²) in [6.07, 6.45) is 0.290. The Labute approximate surface area is 164 Å². The molecule has 0 saturated carbocycles. The molecule has 3 unspecified atom stereocenters. The molecule has 0 aromatic heterocycles. The van der Waals surface area contributed by atoms with Gasteiger partial charge in [0, 0.05) is 13.5 Å². The van der Waals surface area contributed by atoms with Crippen LogP contribution >= 0.6 is 21.6 Å². The summed E-state index contributed by atoms with van der Waals surface area (Å²) in [5.41, 5.74) is -0.117. The Hall–Kier alpha value is -2.05. The largest absolute Gasteiger partial charge is 0.454 e. The number of amides is 2. The van der Waals surface area contributed by atoms with Gasteiger partial charge in [0.25, 0.3) is 11.8 Å². The number of ether oxygens (including phenoxy) is 2. The minimum atomic E-state index is -1.06. The number of piperazine rings is 1. The van der Waals surface area contributed by atoms with Crippen LogP contribution in [0.5, 0.6) is 11.5 Å². The van der Waals surface area contributed by atoms with E-state index in [2.05, 4.69) is 6.07 Å². The van der Waals surface area contributed by atoms with Crippen molar-refractivity contribution in [3.63, 3.8) is 0 Å². The molecule has 0 N–H and O–H groups in total. The molecule has 0 aliphatic carbocycles. The van der Waals surface area contributed by atoms with E-state index in [1.165, 1.54) is 26.5 Å². The Morgan fingerprint density at radius 3 is 2.67 bits per heavy atom. The fraction of sp³-hybridized carbons (Fsp3) is 0.500. The van der Waals surface area contributed by atoms with Crippen LogP contribution in [0.15, 0.2) is 18.2 Å². The number of likely N-dealkylation sites (N-methyl/N-ethyl adjacent to an activating group) is 1. The Bertz CT molecular complexity index is 949. The quantitative estimate of drug-likeness (QED) is 0.666. The topological polar surface area (TPSA) is 82.9 Å². The van der Waals surface area contributed by atoms with Crippen molar-refractivity contribution in [1.29, 1.82) is 5.26 Å². The van der Waals surface area contributed by atoms with Crippen molar-refractivity contribution in [3.8, 4) is 17.6 Å². The molecule has 4 atom stereocenters. The zero-order valence-electron chi connectivity index (χ0n) is 15.0. The number of benzene rings is 1. The molecular formula is C18H17N3O4S2.